The van der Waals surface area contributed by atoms with Gasteiger partial charge >= 0.3 is 0 Å². The highest BCUT2D eigenvalue weighted by Crippen LogP contribution is 2.20. The van der Waals surface area contributed by atoms with E-state index in [2.05, 4.69) is 15.8 Å². The maximum Gasteiger partial charge on any atom is 0.273 e. The van der Waals surface area contributed by atoms with Gasteiger partial charge < -0.3 is 10.1 Å². The molecule has 0 fully saturated rings. The Balaban J connectivity index is 1.96. The molecule has 0 atom stereocenters. The maximum absolute atomic E-state index is 11.1. The molecule has 0 aliphatic heterocycles. The van der Waals surface area contributed by atoms with Gasteiger partial charge in [0.15, 0.2) is 5.11 Å². The monoisotopic (exact) mass is 358 g/mol. The van der Waals surface area contributed by atoms with Crippen LogP contribution in [0.15, 0.2) is 47.6 Å². The van der Waals surface area contributed by atoms with Gasteiger partial charge in [0, 0.05) is 22.9 Å². The van der Waals surface area contributed by atoms with E-state index in [1.54, 1.807) is 19.2 Å². The number of aryl methyl sites for hydroxylation is 1. The number of nitro benzene ring substituents is 1. The molecule has 2 N–H and O–H groups in total. The third-order valence-corrected chi connectivity index (χ3v) is 3.61. The van der Waals surface area contributed by atoms with Crippen molar-refractivity contribution >= 4 is 34.9 Å². The zero-order valence-corrected chi connectivity index (χ0v) is 14.7. The van der Waals surface area contributed by atoms with E-state index in [1.165, 1.54) is 12.3 Å². The van der Waals surface area contributed by atoms with Gasteiger partial charge in [-0.1, -0.05) is 19.1 Å². The van der Waals surface area contributed by atoms with E-state index in [0.29, 0.717) is 22.7 Å². The first kappa shape index (κ1) is 18.3. The Morgan fingerprint density at radius 2 is 2.04 bits per heavy atom. The highest BCUT2D eigenvalue weighted by atomic mass is 32.1. The van der Waals surface area contributed by atoms with Crippen LogP contribution in [0.25, 0.3) is 0 Å². The Morgan fingerprint density at radius 1 is 1.32 bits per heavy atom. The summed E-state index contributed by atoms with van der Waals surface area (Å²) in [7, 11) is 1.60. The quantitative estimate of drug-likeness (QED) is 0.356. The Bertz CT molecular complexity index is 791. The molecule has 130 valence electrons. The number of hydrogen-bond acceptors (Lipinski definition) is 5. The molecule has 0 aliphatic carbocycles. The summed E-state index contributed by atoms with van der Waals surface area (Å²) in [5.74, 6) is 0.750. The van der Waals surface area contributed by atoms with Crippen LogP contribution >= 0.6 is 12.2 Å². The molecule has 0 unspecified atom stereocenters. The third-order valence-electron chi connectivity index (χ3n) is 3.41. The molecular weight excluding hydrogens is 340 g/mol. The van der Waals surface area contributed by atoms with Crippen molar-refractivity contribution in [3.8, 4) is 5.75 Å². The number of nitro groups is 1. The van der Waals surface area contributed by atoms with Crippen LogP contribution < -0.4 is 15.5 Å². The average molecular weight is 358 g/mol. The van der Waals surface area contributed by atoms with Crippen LogP contribution in [0.3, 0.4) is 0 Å². The van der Waals surface area contributed by atoms with Gasteiger partial charge in [-0.25, -0.2) is 0 Å². The fraction of sp³-hybridized carbons (Fsp3) is 0.176. The highest BCUT2D eigenvalue weighted by molar-refractivity contribution is 7.80. The van der Waals surface area contributed by atoms with Crippen LogP contribution in [0.2, 0.25) is 0 Å². The minimum atomic E-state index is -0.389. The second-order valence-corrected chi connectivity index (χ2v) is 5.46. The van der Waals surface area contributed by atoms with Gasteiger partial charge in [-0.05, 0) is 42.9 Å². The van der Waals surface area contributed by atoms with Crippen LogP contribution in [0.4, 0.5) is 11.4 Å². The summed E-state index contributed by atoms with van der Waals surface area (Å²) < 4.78 is 5.08. The van der Waals surface area contributed by atoms with Gasteiger partial charge in [0.2, 0.25) is 0 Å². The number of anilines is 1. The van der Waals surface area contributed by atoms with Crippen LogP contribution in [-0.4, -0.2) is 23.4 Å². The first-order valence-electron chi connectivity index (χ1n) is 7.55. The molecule has 7 nitrogen and oxygen atoms in total. The lowest BCUT2D eigenvalue weighted by Crippen LogP contribution is -2.23. The van der Waals surface area contributed by atoms with Crippen LogP contribution in [0, 0.1) is 10.1 Å². The van der Waals surface area contributed by atoms with Crippen LogP contribution in [0.1, 0.15) is 18.1 Å². The molecular formula is C17H18N4O3S. The predicted octanol–water partition coefficient (Wildman–Crippen LogP) is 3.49. The topological polar surface area (TPSA) is 88.8 Å². The number of hydrazone groups is 1. The lowest BCUT2D eigenvalue weighted by atomic mass is 10.1. The fourth-order valence-electron chi connectivity index (χ4n) is 2.13. The first-order valence-corrected chi connectivity index (χ1v) is 7.95. The van der Waals surface area contributed by atoms with Crippen molar-refractivity contribution < 1.29 is 9.66 Å². The van der Waals surface area contributed by atoms with Crippen molar-refractivity contribution in [3.63, 3.8) is 0 Å². The summed E-state index contributed by atoms with van der Waals surface area (Å²) in [4.78, 5) is 10.7. The SMILES string of the molecule is CCc1ccc(/C=N\NC(=S)Nc2ccc(OC)cc2)cc1[N+](=O)[O-]. The summed E-state index contributed by atoms with van der Waals surface area (Å²) >= 11 is 5.14. The Kier molecular flexibility index (Phi) is 6.41. The van der Waals surface area contributed by atoms with Crippen LogP contribution in [0.5, 0.6) is 5.75 Å². The second-order valence-electron chi connectivity index (χ2n) is 5.05. The predicted molar refractivity (Wildman–Crippen MR) is 102 cm³/mol. The summed E-state index contributed by atoms with van der Waals surface area (Å²) in [5, 5.41) is 18.3. The summed E-state index contributed by atoms with van der Waals surface area (Å²) in [6.07, 6.45) is 2.08. The van der Waals surface area contributed by atoms with E-state index in [-0.39, 0.29) is 10.6 Å². The van der Waals surface area contributed by atoms with Gasteiger partial charge in [-0.3, -0.25) is 15.5 Å². The van der Waals surface area contributed by atoms with Gasteiger partial charge in [0.05, 0.1) is 18.2 Å². The van der Waals surface area contributed by atoms with E-state index in [0.717, 1.165) is 11.4 Å². The van der Waals surface area contributed by atoms with Gasteiger partial charge in [-0.2, -0.15) is 5.10 Å². The van der Waals surface area contributed by atoms with Gasteiger partial charge in [0.1, 0.15) is 5.75 Å². The number of benzene rings is 2. The first-order chi connectivity index (χ1) is 12.0. The van der Waals surface area contributed by atoms with Crippen molar-refractivity contribution in [1.82, 2.24) is 5.43 Å². The van der Waals surface area contributed by atoms with Crippen LogP contribution in [-0.2, 0) is 6.42 Å². The lowest BCUT2D eigenvalue weighted by molar-refractivity contribution is -0.385. The molecule has 2 aromatic carbocycles. The molecule has 0 bridgehead atoms. The third kappa shape index (κ3) is 5.25. The standard InChI is InChI=1S/C17H18N4O3S/c1-3-13-5-4-12(10-16(13)21(22)23)11-18-20-17(25)19-14-6-8-15(24-2)9-7-14/h4-11H,3H2,1-2H3,(H2,19,20,25)/b18-11-. The number of ether oxygens (including phenoxy) is 1. The van der Waals surface area contributed by atoms with Crippen molar-refractivity contribution in [2.45, 2.75) is 13.3 Å². The molecule has 25 heavy (non-hydrogen) atoms. The molecule has 0 amide bonds. The minimum absolute atomic E-state index is 0.0883. The molecule has 0 spiro atoms. The van der Waals surface area contributed by atoms with Gasteiger partial charge in [-0.15, -0.1) is 0 Å². The van der Waals surface area contributed by atoms with E-state index in [9.17, 15) is 10.1 Å². The number of methoxy groups -OCH3 is 1. The number of rotatable bonds is 6. The van der Waals surface area contributed by atoms with E-state index in [4.69, 9.17) is 17.0 Å². The van der Waals surface area contributed by atoms with E-state index < -0.39 is 0 Å². The minimum Gasteiger partial charge on any atom is -0.497 e. The molecule has 0 radical (unpaired) electrons. The summed E-state index contributed by atoms with van der Waals surface area (Å²) in [6.45, 7) is 1.88. The number of nitrogens with zero attached hydrogens (tertiary/aromatic N) is 2. The van der Waals surface area contributed by atoms with E-state index >= 15 is 0 Å². The highest BCUT2D eigenvalue weighted by Gasteiger charge is 2.12. The lowest BCUT2D eigenvalue weighted by Gasteiger charge is -2.07. The summed E-state index contributed by atoms with van der Waals surface area (Å²) in [6, 6.07) is 12.3. The number of hydrogen-bond donors (Lipinski definition) is 2. The average Bonchev–Trinajstić information content (AvgIpc) is 2.62. The van der Waals surface area contributed by atoms with Crippen molar-refractivity contribution in [2.24, 2.45) is 5.10 Å². The molecule has 0 saturated heterocycles. The zero-order chi connectivity index (χ0) is 18.2. The molecule has 2 rings (SSSR count). The smallest absolute Gasteiger partial charge is 0.273 e. The molecule has 0 heterocycles. The fourth-order valence-corrected chi connectivity index (χ4v) is 2.30. The largest absolute Gasteiger partial charge is 0.497 e. The van der Waals surface area contributed by atoms with Crippen molar-refractivity contribution in [1.29, 1.82) is 0 Å². The second kappa shape index (κ2) is 8.74. The Labute approximate surface area is 150 Å². The normalized spacial score (nSPS) is 10.5. The van der Waals surface area contributed by atoms with Crippen molar-refractivity contribution in [2.75, 3.05) is 12.4 Å². The van der Waals surface area contributed by atoms with E-state index in [1.807, 2.05) is 31.2 Å². The zero-order valence-electron chi connectivity index (χ0n) is 13.9. The van der Waals surface area contributed by atoms with Crippen molar-refractivity contribution in [3.05, 3.63) is 63.7 Å². The molecule has 2 aromatic rings. The molecule has 0 saturated carbocycles. The Morgan fingerprint density at radius 3 is 2.64 bits per heavy atom. The molecule has 8 heteroatoms. The number of nitrogens with one attached hydrogen (secondary N) is 2. The number of thiocarbonyl (C=S) groups is 1. The van der Waals surface area contributed by atoms with Gasteiger partial charge in [0.25, 0.3) is 5.69 Å². The maximum atomic E-state index is 11.1. The summed E-state index contributed by atoms with van der Waals surface area (Å²) in [5.41, 5.74) is 4.85. The molecule has 0 aromatic heterocycles. The Hall–Kier alpha value is -3.00. The molecule has 0 aliphatic rings.